The number of ether oxygens (including phenoxy) is 1. The fourth-order valence-corrected chi connectivity index (χ4v) is 1.37. The van der Waals surface area contributed by atoms with Crippen LogP contribution in [0.5, 0.6) is 0 Å². The molecule has 2 nitrogen and oxygen atoms in total. The molecule has 4 heteroatoms. The second-order valence-corrected chi connectivity index (χ2v) is 3.18. The van der Waals surface area contributed by atoms with Crippen molar-refractivity contribution in [1.82, 2.24) is 4.90 Å². The van der Waals surface area contributed by atoms with Gasteiger partial charge in [-0.3, -0.25) is 4.90 Å². The van der Waals surface area contributed by atoms with Crippen LogP contribution in [-0.2, 0) is 4.74 Å². The quantitative estimate of drug-likeness (QED) is 0.634. The molecule has 0 aromatic rings. The van der Waals surface area contributed by atoms with E-state index < -0.39 is 12.5 Å². The van der Waals surface area contributed by atoms with E-state index in [1.54, 1.807) is 4.90 Å². The molecule has 0 amide bonds. The van der Waals surface area contributed by atoms with Gasteiger partial charge in [0.2, 0.25) is 0 Å². The Bertz CT molecular complexity index is 141. The fourth-order valence-electron chi connectivity index (χ4n) is 1.37. The van der Waals surface area contributed by atoms with E-state index in [0.717, 1.165) is 13.0 Å². The third kappa shape index (κ3) is 3.03. The molecule has 1 fully saturated rings. The van der Waals surface area contributed by atoms with Crippen LogP contribution in [0.15, 0.2) is 0 Å². The van der Waals surface area contributed by atoms with Crippen molar-refractivity contribution >= 4 is 0 Å². The second kappa shape index (κ2) is 4.14. The smallest absolute Gasteiger partial charge is 0.283 e. The van der Waals surface area contributed by atoms with Crippen LogP contribution >= 0.6 is 0 Å². The maximum absolute atomic E-state index is 12.9. The van der Waals surface area contributed by atoms with Crippen molar-refractivity contribution in [3.05, 3.63) is 0 Å². The first-order valence-corrected chi connectivity index (χ1v) is 4.32. The Morgan fingerprint density at radius 1 is 1.50 bits per heavy atom. The van der Waals surface area contributed by atoms with Gasteiger partial charge in [0, 0.05) is 6.54 Å². The van der Waals surface area contributed by atoms with Gasteiger partial charge in [0.05, 0.1) is 13.2 Å². The minimum atomic E-state index is -2.66. The third-order valence-corrected chi connectivity index (χ3v) is 1.86. The molecule has 0 spiro atoms. The Morgan fingerprint density at radius 3 is 2.92 bits per heavy atom. The molecular formula is C8H15F2NO. The highest BCUT2D eigenvalue weighted by molar-refractivity contribution is 4.74. The summed E-state index contributed by atoms with van der Waals surface area (Å²) in [5.41, 5.74) is 0. The lowest BCUT2D eigenvalue weighted by molar-refractivity contribution is -0.0682. The number of hydrogen-bond acceptors (Lipinski definition) is 2. The van der Waals surface area contributed by atoms with Gasteiger partial charge in [-0.1, -0.05) is 6.92 Å². The lowest BCUT2D eigenvalue weighted by Crippen LogP contribution is -2.37. The molecule has 1 rings (SSSR count). The average Bonchev–Trinajstić information content (AvgIpc) is 2.11. The van der Waals surface area contributed by atoms with Gasteiger partial charge in [0.1, 0.15) is 6.61 Å². The van der Waals surface area contributed by atoms with E-state index >= 15 is 0 Å². The first-order chi connectivity index (χ1) is 5.64. The minimum Gasteiger partial charge on any atom is -0.374 e. The summed E-state index contributed by atoms with van der Waals surface area (Å²) in [6.07, 6.45) is 0.913. The third-order valence-electron chi connectivity index (χ3n) is 1.86. The lowest BCUT2D eigenvalue weighted by atomic mass is 10.3. The van der Waals surface area contributed by atoms with Crippen molar-refractivity contribution in [2.75, 3.05) is 32.8 Å². The highest BCUT2D eigenvalue weighted by atomic mass is 19.3. The van der Waals surface area contributed by atoms with Gasteiger partial charge in [-0.2, -0.15) is 0 Å². The molecule has 0 aromatic carbocycles. The lowest BCUT2D eigenvalue weighted by Gasteiger charge is -2.21. The zero-order valence-electron chi connectivity index (χ0n) is 7.35. The Morgan fingerprint density at radius 2 is 2.25 bits per heavy atom. The number of rotatable bonds is 2. The van der Waals surface area contributed by atoms with Gasteiger partial charge >= 0.3 is 0 Å². The first-order valence-electron chi connectivity index (χ1n) is 4.32. The second-order valence-electron chi connectivity index (χ2n) is 3.18. The van der Waals surface area contributed by atoms with Crippen LogP contribution in [-0.4, -0.2) is 43.7 Å². The summed E-state index contributed by atoms with van der Waals surface area (Å²) in [7, 11) is 0. The Balaban J connectivity index is 2.42. The monoisotopic (exact) mass is 179 g/mol. The molecule has 12 heavy (non-hydrogen) atoms. The normalized spacial score (nSPS) is 25.2. The molecule has 0 saturated carbocycles. The standard InChI is InChI=1S/C8H15F2NO/c1-2-3-11-4-5-12-7-8(9,10)6-11/h2-7H2,1H3. The van der Waals surface area contributed by atoms with Gasteiger partial charge in [0.25, 0.3) is 5.92 Å². The summed E-state index contributed by atoms with van der Waals surface area (Å²) in [5, 5.41) is 0. The molecule has 0 atom stereocenters. The minimum absolute atomic E-state index is 0.152. The van der Waals surface area contributed by atoms with Crippen LogP contribution in [0.3, 0.4) is 0 Å². The topological polar surface area (TPSA) is 12.5 Å². The van der Waals surface area contributed by atoms with Crippen LogP contribution in [0.25, 0.3) is 0 Å². The SMILES string of the molecule is CCCN1CCOCC(F)(F)C1. The fraction of sp³-hybridized carbons (Fsp3) is 1.00. The van der Waals surface area contributed by atoms with Crippen molar-refractivity contribution in [3.63, 3.8) is 0 Å². The zero-order chi connectivity index (χ0) is 9.03. The van der Waals surface area contributed by atoms with Crippen LogP contribution in [0, 0.1) is 0 Å². The van der Waals surface area contributed by atoms with Crippen molar-refractivity contribution in [1.29, 1.82) is 0 Å². The molecular weight excluding hydrogens is 164 g/mol. The van der Waals surface area contributed by atoms with Crippen molar-refractivity contribution < 1.29 is 13.5 Å². The first kappa shape index (κ1) is 9.86. The Hall–Kier alpha value is -0.220. The molecule has 0 radical (unpaired) electrons. The van der Waals surface area contributed by atoms with E-state index in [1.165, 1.54) is 0 Å². The van der Waals surface area contributed by atoms with Gasteiger partial charge in [-0.15, -0.1) is 0 Å². The molecule has 0 aliphatic carbocycles. The van der Waals surface area contributed by atoms with Crippen molar-refractivity contribution in [3.8, 4) is 0 Å². The summed E-state index contributed by atoms with van der Waals surface area (Å²) in [6, 6.07) is 0. The van der Waals surface area contributed by atoms with Crippen LogP contribution in [0.4, 0.5) is 8.78 Å². The van der Waals surface area contributed by atoms with E-state index in [-0.39, 0.29) is 6.54 Å². The summed E-state index contributed by atoms with van der Waals surface area (Å²) in [5.74, 6) is -2.66. The van der Waals surface area contributed by atoms with E-state index in [2.05, 4.69) is 0 Å². The predicted molar refractivity (Wildman–Crippen MR) is 42.5 cm³/mol. The summed E-state index contributed by atoms with van der Waals surface area (Å²) < 4.78 is 30.5. The van der Waals surface area contributed by atoms with E-state index in [9.17, 15) is 8.78 Å². The molecule has 0 bridgehead atoms. The number of halogens is 2. The molecule has 1 heterocycles. The molecule has 1 saturated heterocycles. The molecule has 0 unspecified atom stereocenters. The van der Waals surface area contributed by atoms with E-state index in [0.29, 0.717) is 13.2 Å². The molecule has 0 aromatic heterocycles. The maximum Gasteiger partial charge on any atom is 0.283 e. The summed E-state index contributed by atoms with van der Waals surface area (Å²) >= 11 is 0. The number of alkyl halides is 2. The van der Waals surface area contributed by atoms with Crippen LogP contribution < -0.4 is 0 Å². The van der Waals surface area contributed by atoms with E-state index in [4.69, 9.17) is 4.74 Å². The largest absolute Gasteiger partial charge is 0.374 e. The number of nitrogens with zero attached hydrogens (tertiary/aromatic N) is 1. The van der Waals surface area contributed by atoms with Crippen molar-refractivity contribution in [2.24, 2.45) is 0 Å². The summed E-state index contributed by atoms with van der Waals surface area (Å²) in [4.78, 5) is 1.76. The van der Waals surface area contributed by atoms with Gasteiger partial charge < -0.3 is 4.74 Å². The highest BCUT2D eigenvalue weighted by Crippen LogP contribution is 2.18. The Labute approximate surface area is 71.5 Å². The average molecular weight is 179 g/mol. The maximum atomic E-state index is 12.9. The summed E-state index contributed by atoms with van der Waals surface area (Å²) in [6.45, 7) is 3.20. The molecule has 72 valence electrons. The highest BCUT2D eigenvalue weighted by Gasteiger charge is 2.33. The number of hydrogen-bond donors (Lipinski definition) is 0. The van der Waals surface area contributed by atoms with Crippen molar-refractivity contribution in [2.45, 2.75) is 19.3 Å². The molecule has 1 aliphatic rings. The van der Waals surface area contributed by atoms with Crippen LogP contribution in [0.1, 0.15) is 13.3 Å². The van der Waals surface area contributed by atoms with E-state index in [1.807, 2.05) is 6.92 Å². The van der Waals surface area contributed by atoms with Crippen LogP contribution in [0.2, 0.25) is 0 Å². The molecule has 1 aliphatic heterocycles. The van der Waals surface area contributed by atoms with Gasteiger partial charge in [-0.25, -0.2) is 8.78 Å². The van der Waals surface area contributed by atoms with Gasteiger partial charge in [-0.05, 0) is 13.0 Å². The molecule has 0 N–H and O–H groups in total. The zero-order valence-corrected chi connectivity index (χ0v) is 7.35. The van der Waals surface area contributed by atoms with Gasteiger partial charge in [0.15, 0.2) is 0 Å². The Kier molecular flexibility index (Phi) is 3.40. The predicted octanol–water partition coefficient (Wildman–Crippen LogP) is 1.36.